The van der Waals surface area contributed by atoms with Crippen molar-refractivity contribution in [1.29, 1.82) is 0 Å². The zero-order valence-corrected chi connectivity index (χ0v) is 12.6. The first kappa shape index (κ1) is 17.8. The van der Waals surface area contributed by atoms with Gasteiger partial charge in [0.25, 0.3) is 0 Å². The standard InChI is InChI=1S/C18H22O4/c1-3-13-19-21-15-7-11-17-9-5-6-10-18(17)12-8-16-22-20-14-4-2/h3-10,15-16H,1-2,11-14H2. The molecule has 22 heavy (non-hydrogen) atoms. The summed E-state index contributed by atoms with van der Waals surface area (Å²) >= 11 is 0. The van der Waals surface area contributed by atoms with E-state index < -0.39 is 0 Å². The van der Waals surface area contributed by atoms with Crippen LogP contribution in [0.5, 0.6) is 0 Å². The average molecular weight is 302 g/mol. The van der Waals surface area contributed by atoms with E-state index in [-0.39, 0.29) is 0 Å². The molecule has 1 aromatic rings. The van der Waals surface area contributed by atoms with Gasteiger partial charge in [0, 0.05) is 0 Å². The lowest BCUT2D eigenvalue weighted by atomic mass is 10.0. The normalized spacial score (nSPS) is 10.9. The molecule has 0 heterocycles. The summed E-state index contributed by atoms with van der Waals surface area (Å²) in [7, 11) is 0. The van der Waals surface area contributed by atoms with E-state index in [0.717, 1.165) is 12.8 Å². The minimum Gasteiger partial charge on any atom is -0.346 e. The molecule has 0 bridgehead atoms. The molecule has 0 aliphatic heterocycles. The first-order valence-electron chi connectivity index (χ1n) is 7.03. The molecule has 118 valence electrons. The molecule has 0 saturated carbocycles. The Morgan fingerprint density at radius 3 is 1.64 bits per heavy atom. The largest absolute Gasteiger partial charge is 0.346 e. The van der Waals surface area contributed by atoms with Gasteiger partial charge in [-0.05, 0) is 36.1 Å². The predicted molar refractivity (Wildman–Crippen MR) is 86.6 cm³/mol. The van der Waals surface area contributed by atoms with Gasteiger partial charge in [0.15, 0.2) is 0 Å². The average Bonchev–Trinajstić information content (AvgIpc) is 2.55. The van der Waals surface area contributed by atoms with Crippen LogP contribution in [0.4, 0.5) is 0 Å². The highest BCUT2D eigenvalue weighted by Crippen LogP contribution is 2.11. The fraction of sp³-hybridized carbons (Fsp3) is 0.222. The quantitative estimate of drug-likeness (QED) is 0.192. The second-order valence-corrected chi connectivity index (χ2v) is 4.26. The van der Waals surface area contributed by atoms with Crippen LogP contribution >= 0.6 is 0 Å². The maximum atomic E-state index is 4.86. The van der Waals surface area contributed by atoms with Crippen molar-refractivity contribution in [3.8, 4) is 0 Å². The Morgan fingerprint density at radius 1 is 0.773 bits per heavy atom. The highest BCUT2D eigenvalue weighted by molar-refractivity contribution is 5.30. The van der Waals surface area contributed by atoms with Crippen LogP contribution in [0, 0.1) is 0 Å². The highest BCUT2D eigenvalue weighted by Gasteiger charge is 1.98. The van der Waals surface area contributed by atoms with Crippen molar-refractivity contribution in [3.05, 3.63) is 85.4 Å². The van der Waals surface area contributed by atoms with Gasteiger partial charge < -0.3 is 9.78 Å². The Bertz CT molecular complexity index is 447. The van der Waals surface area contributed by atoms with E-state index in [0.29, 0.717) is 13.2 Å². The Morgan fingerprint density at radius 2 is 1.23 bits per heavy atom. The van der Waals surface area contributed by atoms with Gasteiger partial charge in [-0.1, -0.05) is 36.4 Å². The van der Waals surface area contributed by atoms with Gasteiger partial charge in [-0.15, -0.1) is 13.2 Å². The molecule has 4 nitrogen and oxygen atoms in total. The van der Waals surface area contributed by atoms with Gasteiger partial charge in [0.2, 0.25) is 0 Å². The van der Waals surface area contributed by atoms with E-state index in [1.165, 1.54) is 23.7 Å². The summed E-state index contributed by atoms with van der Waals surface area (Å²) in [5.41, 5.74) is 2.42. The van der Waals surface area contributed by atoms with E-state index in [9.17, 15) is 0 Å². The van der Waals surface area contributed by atoms with Crippen molar-refractivity contribution in [2.45, 2.75) is 12.8 Å². The first-order chi connectivity index (χ1) is 10.9. The van der Waals surface area contributed by atoms with Crippen LogP contribution < -0.4 is 0 Å². The van der Waals surface area contributed by atoms with Crippen LogP contribution in [0.1, 0.15) is 11.1 Å². The van der Waals surface area contributed by atoms with E-state index in [1.807, 2.05) is 24.3 Å². The molecular formula is C18H22O4. The van der Waals surface area contributed by atoms with Crippen LogP contribution in [0.3, 0.4) is 0 Å². The summed E-state index contributed by atoms with van der Waals surface area (Å²) in [6.45, 7) is 7.78. The Kier molecular flexibility index (Phi) is 10.0. The van der Waals surface area contributed by atoms with Crippen LogP contribution in [0.25, 0.3) is 0 Å². The molecule has 0 aliphatic carbocycles. The van der Waals surface area contributed by atoms with Crippen LogP contribution in [-0.4, -0.2) is 13.2 Å². The summed E-state index contributed by atoms with van der Waals surface area (Å²) in [5.74, 6) is 0. The molecule has 0 N–H and O–H groups in total. The number of rotatable bonds is 12. The molecule has 0 aromatic heterocycles. The van der Waals surface area contributed by atoms with E-state index in [2.05, 4.69) is 25.3 Å². The van der Waals surface area contributed by atoms with Gasteiger partial charge >= 0.3 is 0 Å². The lowest BCUT2D eigenvalue weighted by Crippen LogP contribution is -1.92. The Hall–Kier alpha value is -2.30. The molecule has 0 fully saturated rings. The molecule has 0 unspecified atom stereocenters. The van der Waals surface area contributed by atoms with Crippen molar-refractivity contribution in [1.82, 2.24) is 0 Å². The minimum atomic E-state index is 0.361. The van der Waals surface area contributed by atoms with Gasteiger partial charge in [0.05, 0.1) is 0 Å². The number of allylic oxidation sites excluding steroid dienone is 2. The Balaban J connectivity index is 2.40. The van der Waals surface area contributed by atoms with Gasteiger partial charge in [0.1, 0.15) is 25.7 Å². The highest BCUT2D eigenvalue weighted by atomic mass is 17.2. The van der Waals surface area contributed by atoms with Crippen LogP contribution in [0.2, 0.25) is 0 Å². The molecule has 0 aliphatic rings. The molecule has 0 amide bonds. The second-order valence-electron chi connectivity index (χ2n) is 4.26. The van der Waals surface area contributed by atoms with Gasteiger partial charge in [-0.25, -0.2) is 0 Å². The van der Waals surface area contributed by atoms with E-state index >= 15 is 0 Å². The van der Waals surface area contributed by atoms with E-state index in [4.69, 9.17) is 19.6 Å². The maximum absolute atomic E-state index is 4.86. The fourth-order valence-electron chi connectivity index (χ4n) is 1.64. The molecule has 0 radical (unpaired) electrons. The first-order valence-corrected chi connectivity index (χ1v) is 7.03. The maximum Gasteiger partial charge on any atom is 0.125 e. The molecule has 1 aromatic carbocycles. The summed E-state index contributed by atoms with van der Waals surface area (Å²) in [6.07, 6.45) is 11.6. The smallest absolute Gasteiger partial charge is 0.125 e. The van der Waals surface area contributed by atoms with Crippen molar-refractivity contribution < 1.29 is 19.6 Å². The summed E-state index contributed by atoms with van der Waals surface area (Å²) in [5, 5.41) is 0. The third-order valence-corrected chi connectivity index (χ3v) is 2.61. The third-order valence-electron chi connectivity index (χ3n) is 2.61. The minimum absolute atomic E-state index is 0.361. The van der Waals surface area contributed by atoms with Crippen molar-refractivity contribution in [2.75, 3.05) is 13.2 Å². The molecule has 1 rings (SSSR count). The lowest BCUT2D eigenvalue weighted by molar-refractivity contribution is -0.238. The van der Waals surface area contributed by atoms with Crippen LogP contribution in [-0.2, 0) is 32.4 Å². The SMILES string of the molecule is C=CCOOC=CCc1ccccc1CC=COOCC=C. The fourth-order valence-corrected chi connectivity index (χ4v) is 1.64. The zero-order chi connectivity index (χ0) is 15.9. The summed E-state index contributed by atoms with van der Waals surface area (Å²) < 4.78 is 0. The number of benzene rings is 1. The van der Waals surface area contributed by atoms with Crippen LogP contribution in [0.15, 0.2) is 74.3 Å². The molecule has 0 spiro atoms. The lowest BCUT2D eigenvalue weighted by Gasteiger charge is -2.05. The van der Waals surface area contributed by atoms with E-state index in [1.54, 1.807) is 12.2 Å². The number of hydrogen-bond acceptors (Lipinski definition) is 4. The third kappa shape index (κ3) is 8.09. The second kappa shape index (κ2) is 12.4. The molecular weight excluding hydrogens is 280 g/mol. The molecule has 4 heteroatoms. The van der Waals surface area contributed by atoms with Crippen molar-refractivity contribution in [2.24, 2.45) is 0 Å². The number of hydrogen-bond donors (Lipinski definition) is 0. The van der Waals surface area contributed by atoms with Gasteiger partial charge in [-0.2, -0.15) is 9.78 Å². The van der Waals surface area contributed by atoms with Gasteiger partial charge in [-0.3, -0.25) is 0 Å². The summed E-state index contributed by atoms with van der Waals surface area (Å²) in [4.78, 5) is 19.3. The predicted octanol–water partition coefficient (Wildman–Crippen LogP) is 4.07. The van der Waals surface area contributed by atoms with Crippen molar-refractivity contribution in [3.63, 3.8) is 0 Å². The molecule has 0 saturated heterocycles. The zero-order valence-electron chi connectivity index (χ0n) is 12.6. The summed E-state index contributed by atoms with van der Waals surface area (Å²) in [6, 6.07) is 8.17. The monoisotopic (exact) mass is 302 g/mol. The van der Waals surface area contributed by atoms with Crippen molar-refractivity contribution >= 4 is 0 Å². The topological polar surface area (TPSA) is 36.9 Å². The Labute approximate surface area is 131 Å². The molecule has 0 atom stereocenters.